The maximum absolute atomic E-state index is 11.9. The zero-order valence-electron chi connectivity index (χ0n) is 10.8. The number of carbonyl (C=O) groups is 1. The van der Waals surface area contributed by atoms with Gasteiger partial charge in [-0.1, -0.05) is 41.9 Å². The van der Waals surface area contributed by atoms with E-state index in [0.29, 0.717) is 16.3 Å². The van der Waals surface area contributed by atoms with Gasteiger partial charge in [-0.15, -0.1) is 0 Å². The fraction of sp³-hybridized carbons (Fsp3) is 0.133. The molecule has 1 atom stereocenters. The highest BCUT2D eigenvalue weighted by Crippen LogP contribution is 2.30. The largest absolute Gasteiger partial charge is 0.508 e. The van der Waals surface area contributed by atoms with Gasteiger partial charge in [0, 0.05) is 5.56 Å². The number of nitrogens with one attached hydrogen (secondary N) is 1. The third-order valence-electron chi connectivity index (χ3n) is 2.86. The van der Waals surface area contributed by atoms with Crippen molar-refractivity contribution in [3.8, 4) is 5.75 Å². The number of methoxy groups -OCH3 is 1. The number of aromatic hydroxyl groups is 1. The lowest BCUT2D eigenvalue weighted by atomic mass is 10.1. The summed E-state index contributed by atoms with van der Waals surface area (Å²) in [7, 11) is 1.30. The summed E-state index contributed by atoms with van der Waals surface area (Å²) in [5.41, 5.74) is 1.02. The number of phenolic OH excluding ortho intramolecular Hbond substituents is 1. The molecule has 0 aliphatic heterocycles. The number of ether oxygens (including phenoxy) is 1. The summed E-state index contributed by atoms with van der Waals surface area (Å²) < 4.78 is 4.78. The van der Waals surface area contributed by atoms with Crippen LogP contribution in [-0.2, 0) is 9.53 Å². The normalized spacial score (nSPS) is 11.7. The number of phenols is 1. The number of para-hydroxylation sites is 2. The third-order valence-corrected chi connectivity index (χ3v) is 3.19. The van der Waals surface area contributed by atoms with Gasteiger partial charge >= 0.3 is 5.97 Å². The number of rotatable bonds is 4. The second-order valence-electron chi connectivity index (χ2n) is 4.14. The van der Waals surface area contributed by atoms with E-state index in [4.69, 9.17) is 16.3 Å². The molecule has 0 aliphatic rings. The van der Waals surface area contributed by atoms with Crippen molar-refractivity contribution in [2.75, 3.05) is 12.4 Å². The van der Waals surface area contributed by atoms with Crippen LogP contribution in [0.3, 0.4) is 0 Å². The van der Waals surface area contributed by atoms with E-state index in [9.17, 15) is 9.90 Å². The number of halogens is 1. The Bertz CT molecular complexity index is 616. The predicted octanol–water partition coefficient (Wildman–Crippen LogP) is 3.37. The second-order valence-corrected chi connectivity index (χ2v) is 4.55. The number of benzene rings is 2. The summed E-state index contributed by atoms with van der Waals surface area (Å²) >= 11 is 6.07. The number of esters is 1. The summed E-state index contributed by atoms with van der Waals surface area (Å²) in [4.78, 5) is 11.9. The van der Waals surface area contributed by atoms with Crippen molar-refractivity contribution in [1.82, 2.24) is 0 Å². The van der Waals surface area contributed by atoms with Crippen molar-refractivity contribution in [1.29, 1.82) is 0 Å². The quantitative estimate of drug-likeness (QED) is 0.848. The van der Waals surface area contributed by atoms with Crippen LogP contribution in [0.25, 0.3) is 0 Å². The van der Waals surface area contributed by atoms with E-state index < -0.39 is 12.0 Å². The Morgan fingerprint density at radius 3 is 2.50 bits per heavy atom. The Labute approximate surface area is 122 Å². The van der Waals surface area contributed by atoms with Gasteiger partial charge in [0.2, 0.25) is 0 Å². The molecule has 0 spiro atoms. The van der Waals surface area contributed by atoms with Crippen molar-refractivity contribution < 1.29 is 14.6 Å². The standard InChI is InChI=1S/C15H14ClNO3/c1-20-15(19)14(10-6-2-5-9-13(10)18)17-12-8-4-3-7-11(12)16/h2-9,14,17-18H,1H3. The Kier molecular flexibility index (Phi) is 4.48. The molecule has 0 saturated heterocycles. The molecule has 20 heavy (non-hydrogen) atoms. The van der Waals surface area contributed by atoms with Gasteiger partial charge in [0.25, 0.3) is 0 Å². The van der Waals surface area contributed by atoms with Crippen molar-refractivity contribution in [2.24, 2.45) is 0 Å². The molecule has 104 valence electrons. The van der Waals surface area contributed by atoms with Gasteiger partial charge in [-0.25, -0.2) is 4.79 Å². The highest BCUT2D eigenvalue weighted by atomic mass is 35.5. The third kappa shape index (κ3) is 3.03. The molecule has 0 amide bonds. The fourth-order valence-electron chi connectivity index (χ4n) is 1.85. The van der Waals surface area contributed by atoms with Gasteiger partial charge in [-0.2, -0.15) is 0 Å². The van der Waals surface area contributed by atoms with Gasteiger partial charge in [0.05, 0.1) is 17.8 Å². The van der Waals surface area contributed by atoms with Crippen LogP contribution in [0.2, 0.25) is 5.02 Å². The first kappa shape index (κ1) is 14.2. The summed E-state index contributed by atoms with van der Waals surface area (Å²) in [6, 6.07) is 12.8. The molecule has 0 radical (unpaired) electrons. The van der Waals surface area contributed by atoms with Gasteiger partial charge in [-0.3, -0.25) is 0 Å². The van der Waals surface area contributed by atoms with Crippen LogP contribution in [0.5, 0.6) is 5.75 Å². The smallest absolute Gasteiger partial charge is 0.333 e. The fourth-order valence-corrected chi connectivity index (χ4v) is 2.04. The summed E-state index contributed by atoms with van der Waals surface area (Å²) in [5, 5.41) is 13.4. The van der Waals surface area contributed by atoms with Crippen LogP contribution < -0.4 is 5.32 Å². The average molecular weight is 292 g/mol. The molecule has 2 aromatic rings. The van der Waals surface area contributed by atoms with Crippen LogP contribution >= 0.6 is 11.6 Å². The highest BCUT2D eigenvalue weighted by molar-refractivity contribution is 6.33. The summed E-state index contributed by atoms with van der Waals surface area (Å²) in [6.45, 7) is 0. The Morgan fingerprint density at radius 2 is 1.85 bits per heavy atom. The van der Waals surface area contributed by atoms with E-state index in [1.165, 1.54) is 13.2 Å². The van der Waals surface area contributed by atoms with Crippen LogP contribution in [0.15, 0.2) is 48.5 Å². The van der Waals surface area contributed by atoms with Gasteiger partial charge < -0.3 is 15.2 Å². The first-order chi connectivity index (χ1) is 9.63. The Balaban J connectivity index is 2.37. The van der Waals surface area contributed by atoms with Crippen LogP contribution in [0.4, 0.5) is 5.69 Å². The number of hydrogen-bond acceptors (Lipinski definition) is 4. The highest BCUT2D eigenvalue weighted by Gasteiger charge is 2.24. The average Bonchev–Trinajstić information content (AvgIpc) is 2.47. The van der Waals surface area contributed by atoms with E-state index in [1.807, 2.05) is 0 Å². The molecule has 2 rings (SSSR count). The van der Waals surface area contributed by atoms with Gasteiger partial charge in [0.15, 0.2) is 6.04 Å². The minimum atomic E-state index is -0.832. The maximum Gasteiger partial charge on any atom is 0.333 e. The summed E-state index contributed by atoms with van der Waals surface area (Å²) in [6.07, 6.45) is 0. The molecule has 2 aromatic carbocycles. The molecule has 0 fully saturated rings. The van der Waals surface area contributed by atoms with Crippen LogP contribution in [0, 0.1) is 0 Å². The Hall–Kier alpha value is -2.20. The zero-order valence-corrected chi connectivity index (χ0v) is 11.6. The molecular weight excluding hydrogens is 278 g/mol. The van der Waals surface area contributed by atoms with E-state index >= 15 is 0 Å². The van der Waals surface area contributed by atoms with E-state index in [-0.39, 0.29) is 5.75 Å². The van der Waals surface area contributed by atoms with Crippen LogP contribution in [-0.4, -0.2) is 18.2 Å². The van der Waals surface area contributed by atoms with Gasteiger partial charge in [-0.05, 0) is 18.2 Å². The zero-order chi connectivity index (χ0) is 14.5. The van der Waals surface area contributed by atoms with Crippen molar-refractivity contribution in [3.63, 3.8) is 0 Å². The Morgan fingerprint density at radius 1 is 1.20 bits per heavy atom. The molecular formula is C15H14ClNO3. The topological polar surface area (TPSA) is 58.6 Å². The summed E-state index contributed by atoms with van der Waals surface area (Å²) in [5.74, 6) is -0.492. The minimum Gasteiger partial charge on any atom is -0.508 e. The lowest BCUT2D eigenvalue weighted by Gasteiger charge is -2.19. The molecule has 4 nitrogen and oxygen atoms in total. The van der Waals surface area contributed by atoms with Crippen molar-refractivity contribution in [2.45, 2.75) is 6.04 Å². The molecule has 0 aliphatic carbocycles. The van der Waals surface area contributed by atoms with Crippen LogP contribution in [0.1, 0.15) is 11.6 Å². The molecule has 5 heteroatoms. The van der Waals surface area contributed by atoms with E-state index in [2.05, 4.69) is 5.32 Å². The molecule has 0 heterocycles. The van der Waals surface area contributed by atoms with Crippen molar-refractivity contribution >= 4 is 23.3 Å². The SMILES string of the molecule is COC(=O)C(Nc1ccccc1Cl)c1ccccc1O. The number of hydrogen-bond donors (Lipinski definition) is 2. The van der Waals surface area contributed by atoms with E-state index in [1.54, 1.807) is 42.5 Å². The molecule has 0 aromatic heterocycles. The lowest BCUT2D eigenvalue weighted by molar-refractivity contribution is -0.141. The lowest BCUT2D eigenvalue weighted by Crippen LogP contribution is -2.22. The number of carbonyl (C=O) groups excluding carboxylic acids is 1. The van der Waals surface area contributed by atoms with E-state index in [0.717, 1.165) is 0 Å². The van der Waals surface area contributed by atoms with Crippen molar-refractivity contribution in [3.05, 3.63) is 59.1 Å². The molecule has 0 bridgehead atoms. The molecule has 0 saturated carbocycles. The van der Waals surface area contributed by atoms with Gasteiger partial charge in [0.1, 0.15) is 5.75 Å². The molecule has 2 N–H and O–H groups in total. The first-order valence-corrected chi connectivity index (χ1v) is 6.38. The monoisotopic (exact) mass is 291 g/mol. The molecule has 1 unspecified atom stereocenters. The minimum absolute atomic E-state index is 0.0162. The second kappa shape index (κ2) is 6.30. The predicted molar refractivity (Wildman–Crippen MR) is 77.9 cm³/mol. The number of anilines is 1. The maximum atomic E-state index is 11.9. The first-order valence-electron chi connectivity index (χ1n) is 6.00.